The first-order chi connectivity index (χ1) is 13.8. The van der Waals surface area contributed by atoms with E-state index in [2.05, 4.69) is 5.32 Å². The van der Waals surface area contributed by atoms with Gasteiger partial charge in [-0.25, -0.2) is 0 Å². The lowest BCUT2D eigenvalue weighted by Gasteiger charge is -2.21. The number of amides is 2. The van der Waals surface area contributed by atoms with Crippen molar-refractivity contribution in [2.75, 3.05) is 19.7 Å². The number of halogens is 1. The van der Waals surface area contributed by atoms with Crippen LogP contribution in [0.2, 0.25) is 5.02 Å². The molecule has 0 saturated heterocycles. The normalized spacial score (nSPS) is 10.5. The van der Waals surface area contributed by atoms with Crippen LogP contribution < -0.4 is 10.1 Å². The number of ether oxygens (including phenoxy) is 1. The maximum atomic E-state index is 12.5. The van der Waals surface area contributed by atoms with Gasteiger partial charge in [0.05, 0.1) is 6.54 Å². The highest BCUT2D eigenvalue weighted by Gasteiger charge is 2.17. The number of carbonyl (C=O) groups excluding carboxylic acids is 3. The minimum atomic E-state index is -0.285. The Balaban J connectivity index is 1.92. The Kier molecular flexibility index (Phi) is 8.21. The lowest BCUT2D eigenvalue weighted by molar-refractivity contribution is -0.137. The van der Waals surface area contributed by atoms with Gasteiger partial charge < -0.3 is 15.0 Å². The Labute approximate surface area is 175 Å². The summed E-state index contributed by atoms with van der Waals surface area (Å²) in [5.41, 5.74) is 1.04. The quantitative estimate of drug-likeness (QED) is 0.636. The average molecular weight is 417 g/mol. The number of hydrogen-bond acceptors (Lipinski definition) is 4. The highest BCUT2D eigenvalue weighted by Crippen LogP contribution is 2.17. The van der Waals surface area contributed by atoms with E-state index >= 15 is 0 Å². The van der Waals surface area contributed by atoms with Crippen molar-refractivity contribution in [3.8, 4) is 5.75 Å². The van der Waals surface area contributed by atoms with Crippen LogP contribution in [0, 0.1) is 0 Å². The number of hydrogen-bond donors (Lipinski definition) is 1. The zero-order chi connectivity index (χ0) is 21.4. The monoisotopic (exact) mass is 416 g/mol. The molecule has 0 radical (unpaired) electrons. The lowest BCUT2D eigenvalue weighted by Crippen LogP contribution is -2.44. The molecule has 2 rings (SSSR count). The summed E-state index contributed by atoms with van der Waals surface area (Å²) in [6.45, 7) is 5.74. The van der Waals surface area contributed by atoms with E-state index < -0.39 is 0 Å². The molecule has 2 aromatic rings. The molecule has 154 valence electrons. The molecule has 0 spiro atoms. The van der Waals surface area contributed by atoms with Crippen molar-refractivity contribution < 1.29 is 19.1 Å². The number of nitrogens with one attached hydrogen (secondary N) is 1. The van der Waals surface area contributed by atoms with E-state index in [0.717, 1.165) is 0 Å². The van der Waals surface area contributed by atoms with Gasteiger partial charge in [-0.2, -0.15) is 0 Å². The third-order valence-corrected chi connectivity index (χ3v) is 4.36. The molecule has 0 atom stereocenters. The van der Waals surface area contributed by atoms with E-state index in [4.69, 9.17) is 16.3 Å². The van der Waals surface area contributed by atoms with Gasteiger partial charge in [0.1, 0.15) is 5.75 Å². The molecule has 0 bridgehead atoms. The summed E-state index contributed by atoms with van der Waals surface area (Å²) < 4.78 is 5.52. The Hall–Kier alpha value is -2.86. The van der Waals surface area contributed by atoms with Crippen molar-refractivity contribution in [1.82, 2.24) is 10.2 Å². The molecule has 0 aliphatic carbocycles. The lowest BCUT2D eigenvalue weighted by atomic mass is 10.0. The molecule has 7 heteroatoms. The molecule has 0 fully saturated rings. The fraction of sp³-hybridized carbons (Fsp3) is 0.318. The van der Waals surface area contributed by atoms with Crippen LogP contribution in [0.1, 0.15) is 36.7 Å². The number of rotatable bonds is 9. The molecule has 0 aromatic heterocycles. The van der Waals surface area contributed by atoms with Crippen LogP contribution >= 0.6 is 11.6 Å². The number of nitrogens with zero attached hydrogens (tertiary/aromatic N) is 1. The fourth-order valence-electron chi connectivity index (χ4n) is 2.62. The molecule has 0 aliphatic rings. The molecule has 0 heterocycles. The number of ketones is 1. The van der Waals surface area contributed by atoms with Gasteiger partial charge in [0.15, 0.2) is 12.4 Å². The van der Waals surface area contributed by atoms with E-state index in [1.807, 2.05) is 13.8 Å². The van der Waals surface area contributed by atoms with Crippen molar-refractivity contribution in [2.45, 2.75) is 26.8 Å². The molecule has 2 amide bonds. The summed E-state index contributed by atoms with van der Waals surface area (Å²) in [6, 6.07) is 13.2. The second-order valence-corrected chi connectivity index (χ2v) is 7.22. The van der Waals surface area contributed by atoms with Crippen LogP contribution in [0.3, 0.4) is 0 Å². The minimum Gasteiger partial charge on any atom is -0.484 e. The Morgan fingerprint density at radius 1 is 1.00 bits per heavy atom. The SMILES string of the molecule is CCN(CC(=O)NC(C)C)C(=O)COc1ccc(C(=O)c2ccc(Cl)cc2)cc1. The molecular weight excluding hydrogens is 392 g/mol. The van der Waals surface area contributed by atoms with E-state index in [1.165, 1.54) is 4.90 Å². The third kappa shape index (κ3) is 6.91. The standard InChI is InChI=1S/C22H25ClN2O4/c1-4-25(13-20(26)24-15(2)3)21(27)14-29-19-11-7-17(8-12-19)22(28)16-5-9-18(23)10-6-16/h5-12,15H,4,13-14H2,1-3H3,(H,24,26). The molecule has 1 N–H and O–H groups in total. The second kappa shape index (κ2) is 10.6. The molecular formula is C22H25ClN2O4. The zero-order valence-corrected chi connectivity index (χ0v) is 17.5. The maximum Gasteiger partial charge on any atom is 0.260 e. The number of carbonyl (C=O) groups is 3. The van der Waals surface area contributed by atoms with Gasteiger partial charge in [-0.1, -0.05) is 11.6 Å². The van der Waals surface area contributed by atoms with Crippen molar-refractivity contribution in [2.24, 2.45) is 0 Å². The van der Waals surface area contributed by atoms with Crippen LogP contribution in [-0.2, 0) is 9.59 Å². The Morgan fingerprint density at radius 2 is 1.55 bits per heavy atom. The second-order valence-electron chi connectivity index (χ2n) is 6.78. The van der Waals surface area contributed by atoms with E-state index in [0.29, 0.717) is 28.4 Å². The summed E-state index contributed by atoms with van der Waals surface area (Å²) in [5.74, 6) is -0.153. The van der Waals surface area contributed by atoms with E-state index in [-0.39, 0.29) is 36.8 Å². The summed E-state index contributed by atoms with van der Waals surface area (Å²) >= 11 is 5.84. The average Bonchev–Trinajstić information content (AvgIpc) is 2.70. The first-order valence-electron chi connectivity index (χ1n) is 9.40. The molecule has 0 unspecified atom stereocenters. The highest BCUT2D eigenvalue weighted by molar-refractivity contribution is 6.30. The first-order valence-corrected chi connectivity index (χ1v) is 9.78. The first kappa shape index (κ1) is 22.4. The Morgan fingerprint density at radius 3 is 2.07 bits per heavy atom. The molecule has 6 nitrogen and oxygen atoms in total. The topological polar surface area (TPSA) is 75.7 Å². The summed E-state index contributed by atoms with van der Waals surface area (Å²) in [5, 5.41) is 3.32. The smallest absolute Gasteiger partial charge is 0.260 e. The van der Waals surface area contributed by atoms with Gasteiger partial charge in [-0.05, 0) is 69.3 Å². The molecule has 29 heavy (non-hydrogen) atoms. The Bertz CT molecular complexity index is 848. The molecule has 2 aromatic carbocycles. The highest BCUT2D eigenvalue weighted by atomic mass is 35.5. The van der Waals surface area contributed by atoms with E-state index in [1.54, 1.807) is 55.5 Å². The van der Waals surface area contributed by atoms with Gasteiger partial charge in [-0.15, -0.1) is 0 Å². The summed E-state index contributed by atoms with van der Waals surface area (Å²) in [4.78, 5) is 38.1. The predicted molar refractivity (Wildman–Crippen MR) is 112 cm³/mol. The van der Waals surface area contributed by atoms with Gasteiger partial charge in [0.25, 0.3) is 5.91 Å². The van der Waals surface area contributed by atoms with Crippen LogP contribution in [0.5, 0.6) is 5.75 Å². The number of likely N-dealkylation sites (N-methyl/N-ethyl adjacent to an activating group) is 1. The van der Waals surface area contributed by atoms with Crippen molar-refractivity contribution in [3.05, 3.63) is 64.7 Å². The zero-order valence-electron chi connectivity index (χ0n) is 16.8. The summed E-state index contributed by atoms with van der Waals surface area (Å²) in [6.07, 6.45) is 0. The van der Waals surface area contributed by atoms with Crippen molar-refractivity contribution >= 4 is 29.2 Å². The maximum absolute atomic E-state index is 12.5. The third-order valence-electron chi connectivity index (χ3n) is 4.10. The van der Waals surface area contributed by atoms with Gasteiger partial charge >= 0.3 is 0 Å². The van der Waals surface area contributed by atoms with Gasteiger partial charge in [0, 0.05) is 28.7 Å². The molecule has 0 aliphatic heterocycles. The summed E-state index contributed by atoms with van der Waals surface area (Å²) in [7, 11) is 0. The number of benzene rings is 2. The van der Waals surface area contributed by atoms with Crippen molar-refractivity contribution in [1.29, 1.82) is 0 Å². The van der Waals surface area contributed by atoms with Gasteiger partial charge in [0.2, 0.25) is 5.91 Å². The fourth-order valence-corrected chi connectivity index (χ4v) is 2.75. The van der Waals surface area contributed by atoms with Crippen LogP contribution in [0.4, 0.5) is 0 Å². The minimum absolute atomic E-state index is 0.00853. The van der Waals surface area contributed by atoms with Crippen LogP contribution in [0.15, 0.2) is 48.5 Å². The van der Waals surface area contributed by atoms with Crippen LogP contribution in [-0.4, -0.2) is 48.2 Å². The van der Waals surface area contributed by atoms with Gasteiger partial charge in [-0.3, -0.25) is 14.4 Å². The predicted octanol–water partition coefficient (Wildman–Crippen LogP) is 3.32. The largest absolute Gasteiger partial charge is 0.484 e. The molecule has 0 saturated carbocycles. The van der Waals surface area contributed by atoms with Crippen LogP contribution in [0.25, 0.3) is 0 Å². The van der Waals surface area contributed by atoms with E-state index in [9.17, 15) is 14.4 Å². The van der Waals surface area contributed by atoms with Crippen molar-refractivity contribution in [3.63, 3.8) is 0 Å².